The number of carbonyl (C=O) groups is 1. The van der Waals surface area contributed by atoms with Crippen LogP contribution >= 0.6 is 11.3 Å². The van der Waals surface area contributed by atoms with Crippen molar-refractivity contribution in [2.45, 2.75) is 6.92 Å². The molecule has 2 rings (SSSR count). The Morgan fingerprint density at radius 3 is 2.89 bits per heavy atom. The molecule has 0 amide bonds. The Morgan fingerprint density at radius 1 is 1.53 bits per heavy atom. The van der Waals surface area contributed by atoms with Crippen LogP contribution in [0.1, 0.15) is 21.0 Å². The van der Waals surface area contributed by atoms with E-state index in [0.29, 0.717) is 10.6 Å². The number of methoxy groups -OCH3 is 1. The van der Waals surface area contributed by atoms with Crippen LogP contribution in [0.2, 0.25) is 0 Å². The number of hydrogen-bond acceptors (Lipinski definition) is 4. The second-order valence-corrected chi connectivity index (χ2v) is 4.89. The molecule has 2 heterocycles. The van der Waals surface area contributed by atoms with Crippen LogP contribution in [0.15, 0.2) is 28.9 Å². The van der Waals surface area contributed by atoms with Gasteiger partial charge in [0.1, 0.15) is 4.88 Å². The fourth-order valence-corrected chi connectivity index (χ4v) is 2.63. The zero-order chi connectivity index (χ0) is 13.8. The molecule has 0 aliphatic rings. The predicted molar refractivity (Wildman–Crippen MR) is 73.7 cm³/mol. The monoisotopic (exact) mass is 279 g/mol. The van der Waals surface area contributed by atoms with Gasteiger partial charge in [0.25, 0.3) is 0 Å². The smallest absolute Gasteiger partial charge is 0.348 e. The minimum atomic E-state index is -0.320. The van der Waals surface area contributed by atoms with Crippen LogP contribution in [-0.2, 0) is 4.74 Å². The molecule has 0 saturated carbocycles. The topological polar surface area (TPSA) is 65.4 Å². The Labute approximate surface area is 114 Å². The number of aryl methyl sites for hydroxylation is 1. The summed E-state index contributed by atoms with van der Waals surface area (Å²) in [6.45, 7) is 1.87. The molecule has 2 N–H and O–H groups in total. The average Bonchev–Trinajstić information content (AvgIpc) is 3.04. The lowest BCUT2D eigenvalue weighted by Gasteiger charge is -1.96. The van der Waals surface area contributed by atoms with Crippen LogP contribution in [0.25, 0.3) is 0 Å². The molecular weight excluding hydrogens is 264 g/mol. The van der Waals surface area contributed by atoms with E-state index in [4.69, 9.17) is 9.15 Å². The zero-order valence-electron chi connectivity index (χ0n) is 10.9. The van der Waals surface area contributed by atoms with Crippen molar-refractivity contribution in [1.82, 2.24) is 0 Å². The van der Waals surface area contributed by atoms with Crippen LogP contribution in [0.5, 0.6) is 0 Å². The molecule has 0 aliphatic carbocycles. The summed E-state index contributed by atoms with van der Waals surface area (Å²) in [5, 5.41) is 4.04. The van der Waals surface area contributed by atoms with Crippen LogP contribution in [0.4, 0.5) is 5.00 Å². The van der Waals surface area contributed by atoms with Gasteiger partial charge in [-0.15, -0.1) is 0 Å². The number of esters is 1. The number of nitrogens with one attached hydrogen (secondary N) is 2. The highest BCUT2D eigenvalue weighted by atomic mass is 32.1. The van der Waals surface area contributed by atoms with E-state index in [1.165, 1.54) is 18.4 Å². The Kier molecular flexibility index (Phi) is 4.01. The van der Waals surface area contributed by atoms with Gasteiger partial charge in [-0.25, -0.2) is 10.1 Å². The minimum absolute atomic E-state index is 0.320. The molecule has 0 radical (unpaired) electrons. The first kappa shape index (κ1) is 13.4. The van der Waals surface area contributed by atoms with Crippen molar-refractivity contribution in [2.24, 2.45) is 0 Å². The number of anilines is 1. The van der Waals surface area contributed by atoms with E-state index in [9.17, 15) is 4.79 Å². The molecule has 0 atom stereocenters. The highest BCUT2D eigenvalue weighted by Gasteiger charge is 2.19. The zero-order valence-corrected chi connectivity index (χ0v) is 11.8. The molecule has 2 aromatic rings. The van der Waals surface area contributed by atoms with Crippen molar-refractivity contribution in [3.8, 4) is 0 Å². The first-order chi connectivity index (χ1) is 9.15. The lowest BCUT2D eigenvalue weighted by molar-refractivity contribution is -0.419. The predicted octanol–water partition coefficient (Wildman–Crippen LogP) is 1.01. The average molecular weight is 279 g/mol. The van der Waals surface area contributed by atoms with E-state index in [1.807, 2.05) is 25.1 Å². The highest BCUT2D eigenvalue weighted by molar-refractivity contribution is 7.18. The van der Waals surface area contributed by atoms with Gasteiger partial charge in [-0.2, -0.15) is 0 Å². The van der Waals surface area contributed by atoms with E-state index in [-0.39, 0.29) is 5.97 Å². The van der Waals surface area contributed by atoms with Gasteiger partial charge in [-0.3, -0.25) is 4.99 Å². The van der Waals surface area contributed by atoms with Crippen LogP contribution in [0.3, 0.4) is 0 Å². The Balaban J connectivity index is 2.22. The van der Waals surface area contributed by atoms with E-state index in [0.717, 1.165) is 16.4 Å². The van der Waals surface area contributed by atoms with E-state index in [1.54, 1.807) is 13.3 Å². The number of rotatable bonds is 3. The Hall–Kier alpha value is -2.08. The van der Waals surface area contributed by atoms with Gasteiger partial charge < -0.3 is 9.15 Å². The van der Waals surface area contributed by atoms with Gasteiger partial charge in [0.2, 0.25) is 5.76 Å². The quantitative estimate of drug-likeness (QED) is 0.500. The molecule has 2 aromatic heterocycles. The van der Waals surface area contributed by atoms with Crippen molar-refractivity contribution in [3.63, 3.8) is 0 Å². The second-order valence-electron chi connectivity index (χ2n) is 3.84. The molecule has 6 heteroatoms. The van der Waals surface area contributed by atoms with Crippen molar-refractivity contribution >= 4 is 28.1 Å². The third-order valence-electron chi connectivity index (χ3n) is 2.55. The number of furan rings is 1. The summed E-state index contributed by atoms with van der Waals surface area (Å²) in [6.07, 6.45) is 1.61. The van der Waals surface area contributed by atoms with E-state index >= 15 is 0 Å². The number of amidine groups is 1. The van der Waals surface area contributed by atoms with Crippen molar-refractivity contribution in [3.05, 3.63) is 40.7 Å². The lowest BCUT2D eigenvalue weighted by atomic mass is 10.3. The number of carbonyl (C=O) groups excluding carboxylic acids is 1. The molecule has 5 nitrogen and oxygen atoms in total. The van der Waals surface area contributed by atoms with Gasteiger partial charge in [-0.1, -0.05) is 11.3 Å². The maximum atomic E-state index is 11.6. The molecule has 0 aliphatic heterocycles. The van der Waals surface area contributed by atoms with E-state index < -0.39 is 0 Å². The molecule has 19 heavy (non-hydrogen) atoms. The highest BCUT2D eigenvalue weighted by Crippen LogP contribution is 2.27. The van der Waals surface area contributed by atoms with Gasteiger partial charge in [0, 0.05) is 6.07 Å². The standard InChI is InChI=1S/C13H14N2O3S/c1-8-7-10(19-11(8)13(16)17-3)15-12(14-2)9-5-4-6-18-9/h4-7H,1-3H3,(H,14,15)/p+1. The molecule has 0 bridgehead atoms. The lowest BCUT2D eigenvalue weighted by Crippen LogP contribution is -2.70. The third kappa shape index (κ3) is 2.85. The van der Waals surface area contributed by atoms with Gasteiger partial charge in [-0.05, 0) is 24.6 Å². The molecule has 0 unspecified atom stereocenters. The summed E-state index contributed by atoms with van der Waals surface area (Å²) in [5.41, 5.74) is 0.884. The van der Waals surface area contributed by atoms with Crippen molar-refractivity contribution in [1.29, 1.82) is 0 Å². The Bertz CT molecular complexity index is 599. The number of thiophene rings is 1. The number of ether oxygens (including phenoxy) is 1. The summed E-state index contributed by atoms with van der Waals surface area (Å²) in [5.74, 6) is 1.12. The summed E-state index contributed by atoms with van der Waals surface area (Å²) in [6, 6.07) is 5.56. The molecule has 0 spiro atoms. The molecular formula is C13H15N2O3S+. The molecule has 0 aromatic carbocycles. The fraction of sp³-hybridized carbons (Fsp3) is 0.231. The Morgan fingerprint density at radius 2 is 2.32 bits per heavy atom. The number of hydrogen-bond donors (Lipinski definition) is 2. The van der Waals surface area contributed by atoms with Crippen LogP contribution in [0, 0.1) is 6.92 Å². The van der Waals surface area contributed by atoms with Crippen LogP contribution < -0.4 is 10.3 Å². The second kappa shape index (κ2) is 5.71. The van der Waals surface area contributed by atoms with Gasteiger partial charge in [0.05, 0.1) is 20.4 Å². The third-order valence-corrected chi connectivity index (χ3v) is 3.69. The molecule has 0 fully saturated rings. The van der Waals surface area contributed by atoms with Crippen molar-refractivity contribution < 1.29 is 18.9 Å². The van der Waals surface area contributed by atoms with Gasteiger partial charge >= 0.3 is 11.8 Å². The first-order valence-electron chi connectivity index (χ1n) is 5.70. The normalized spacial score (nSPS) is 11.4. The summed E-state index contributed by atoms with van der Waals surface area (Å²) >= 11 is 1.35. The van der Waals surface area contributed by atoms with Crippen LogP contribution in [-0.4, -0.2) is 26.0 Å². The maximum Gasteiger partial charge on any atom is 0.348 e. The summed E-state index contributed by atoms with van der Waals surface area (Å²) < 4.78 is 10.1. The van der Waals surface area contributed by atoms with Crippen molar-refractivity contribution in [2.75, 3.05) is 19.5 Å². The molecule has 100 valence electrons. The molecule has 0 saturated heterocycles. The first-order valence-corrected chi connectivity index (χ1v) is 6.51. The summed E-state index contributed by atoms with van der Waals surface area (Å²) in [4.78, 5) is 15.2. The largest absolute Gasteiger partial charge is 0.465 e. The minimum Gasteiger partial charge on any atom is -0.465 e. The summed E-state index contributed by atoms with van der Waals surface area (Å²) in [7, 11) is 3.18. The maximum absolute atomic E-state index is 11.6. The SMILES string of the molecule is C[NH+]=C(Nc1cc(C)c(C(=O)OC)s1)c1ccco1. The van der Waals surface area contributed by atoms with Gasteiger partial charge in [0.15, 0.2) is 5.00 Å². The fourth-order valence-electron chi connectivity index (χ4n) is 1.63. The van der Waals surface area contributed by atoms with E-state index in [2.05, 4.69) is 10.3 Å².